The molecule has 0 fully saturated rings. The number of benzene rings is 1. The van der Waals surface area contributed by atoms with E-state index in [0.29, 0.717) is 18.3 Å². The molecule has 2 aromatic rings. The Balaban J connectivity index is 1.98. The normalized spacial score (nSPS) is 10.9. The van der Waals surface area contributed by atoms with Gasteiger partial charge in [-0.3, -0.25) is 0 Å². The van der Waals surface area contributed by atoms with Crippen LogP contribution in [0.3, 0.4) is 0 Å². The summed E-state index contributed by atoms with van der Waals surface area (Å²) in [5.74, 6) is 0.481. The van der Waals surface area contributed by atoms with Gasteiger partial charge in [-0.2, -0.15) is 0 Å². The minimum atomic E-state index is -0.227. The van der Waals surface area contributed by atoms with Crippen LogP contribution in [0.5, 0.6) is 0 Å². The molecule has 1 N–H and O–H groups in total. The molecule has 100 valence electrons. The maximum Gasteiger partial charge on any atom is 0.132 e. The Morgan fingerprint density at radius 3 is 2.53 bits per heavy atom. The van der Waals surface area contributed by atoms with E-state index in [4.69, 9.17) is 0 Å². The standard InChI is InChI=1S/C15H18FN3/c1-11(2)17-8-13-9-18-15(19-10-13)7-12-4-3-5-14(16)6-12/h3-6,9-11,17H,7-8H2,1-2H3. The third-order valence-corrected chi connectivity index (χ3v) is 2.72. The first-order valence-corrected chi connectivity index (χ1v) is 6.41. The third-order valence-electron chi connectivity index (χ3n) is 2.72. The van der Waals surface area contributed by atoms with Crippen molar-refractivity contribution in [2.24, 2.45) is 0 Å². The van der Waals surface area contributed by atoms with Gasteiger partial charge in [0.1, 0.15) is 11.6 Å². The van der Waals surface area contributed by atoms with Crippen molar-refractivity contribution in [2.75, 3.05) is 0 Å². The van der Waals surface area contributed by atoms with Crippen LogP contribution < -0.4 is 5.32 Å². The van der Waals surface area contributed by atoms with Crippen LogP contribution in [0.4, 0.5) is 4.39 Å². The highest BCUT2D eigenvalue weighted by atomic mass is 19.1. The predicted octanol–water partition coefficient (Wildman–Crippen LogP) is 2.70. The smallest absolute Gasteiger partial charge is 0.132 e. The maximum absolute atomic E-state index is 13.1. The molecule has 2 rings (SSSR count). The molecule has 0 saturated heterocycles. The van der Waals surface area contributed by atoms with Gasteiger partial charge in [0.2, 0.25) is 0 Å². The van der Waals surface area contributed by atoms with Crippen LogP contribution in [0.1, 0.15) is 30.8 Å². The van der Waals surface area contributed by atoms with Crippen LogP contribution in [0.2, 0.25) is 0 Å². The molecule has 1 aromatic carbocycles. The molecule has 0 saturated carbocycles. The first kappa shape index (κ1) is 13.6. The lowest BCUT2D eigenvalue weighted by Crippen LogP contribution is -2.22. The van der Waals surface area contributed by atoms with E-state index >= 15 is 0 Å². The fraction of sp³-hybridized carbons (Fsp3) is 0.333. The Morgan fingerprint density at radius 1 is 1.16 bits per heavy atom. The van der Waals surface area contributed by atoms with E-state index in [-0.39, 0.29) is 5.82 Å². The SMILES string of the molecule is CC(C)NCc1cnc(Cc2cccc(F)c2)nc1. The van der Waals surface area contributed by atoms with Gasteiger partial charge >= 0.3 is 0 Å². The second-order valence-corrected chi connectivity index (χ2v) is 4.85. The summed E-state index contributed by atoms with van der Waals surface area (Å²) in [6, 6.07) is 6.96. The van der Waals surface area contributed by atoms with Crippen molar-refractivity contribution in [2.45, 2.75) is 32.9 Å². The number of aromatic nitrogens is 2. The molecule has 0 bridgehead atoms. The highest BCUT2D eigenvalue weighted by Crippen LogP contribution is 2.08. The molecule has 0 atom stereocenters. The summed E-state index contributed by atoms with van der Waals surface area (Å²) in [5.41, 5.74) is 1.93. The number of rotatable bonds is 5. The number of nitrogens with one attached hydrogen (secondary N) is 1. The molecule has 0 radical (unpaired) electrons. The molecule has 3 nitrogen and oxygen atoms in total. The summed E-state index contributed by atoms with van der Waals surface area (Å²) in [7, 11) is 0. The van der Waals surface area contributed by atoms with Crippen LogP contribution in [0.15, 0.2) is 36.7 Å². The van der Waals surface area contributed by atoms with Crippen molar-refractivity contribution in [1.82, 2.24) is 15.3 Å². The van der Waals surface area contributed by atoms with Crippen molar-refractivity contribution in [3.8, 4) is 0 Å². The van der Waals surface area contributed by atoms with E-state index in [2.05, 4.69) is 29.1 Å². The first-order chi connectivity index (χ1) is 9.13. The summed E-state index contributed by atoms with van der Waals surface area (Å²) in [6.07, 6.45) is 4.18. The Morgan fingerprint density at radius 2 is 1.89 bits per heavy atom. The van der Waals surface area contributed by atoms with Crippen LogP contribution in [0, 0.1) is 5.82 Å². The van der Waals surface area contributed by atoms with Gasteiger partial charge in [-0.05, 0) is 17.7 Å². The first-order valence-electron chi connectivity index (χ1n) is 6.41. The molecule has 0 aliphatic heterocycles. The Bertz CT molecular complexity index is 523. The summed E-state index contributed by atoms with van der Waals surface area (Å²) in [4.78, 5) is 8.62. The number of nitrogens with zero attached hydrogens (tertiary/aromatic N) is 2. The van der Waals surface area contributed by atoms with Gasteiger partial charge in [-0.1, -0.05) is 26.0 Å². The molecule has 0 amide bonds. The maximum atomic E-state index is 13.1. The summed E-state index contributed by atoms with van der Waals surface area (Å²) in [6.45, 7) is 4.95. The van der Waals surface area contributed by atoms with Crippen LogP contribution in [0.25, 0.3) is 0 Å². The van der Waals surface area contributed by atoms with Crippen LogP contribution in [-0.2, 0) is 13.0 Å². The molecule has 19 heavy (non-hydrogen) atoms. The molecule has 1 heterocycles. The predicted molar refractivity (Wildman–Crippen MR) is 73.2 cm³/mol. The number of hydrogen-bond donors (Lipinski definition) is 1. The summed E-state index contributed by atoms with van der Waals surface area (Å²) < 4.78 is 13.1. The summed E-state index contributed by atoms with van der Waals surface area (Å²) >= 11 is 0. The molecule has 0 aliphatic rings. The fourth-order valence-electron chi connectivity index (χ4n) is 1.72. The Hall–Kier alpha value is -1.81. The molecule has 0 aliphatic carbocycles. The van der Waals surface area contributed by atoms with E-state index in [0.717, 1.165) is 17.7 Å². The van der Waals surface area contributed by atoms with Crippen molar-refractivity contribution in [1.29, 1.82) is 0 Å². The van der Waals surface area contributed by atoms with Gasteiger partial charge in [0.25, 0.3) is 0 Å². The minimum absolute atomic E-state index is 0.227. The van der Waals surface area contributed by atoms with Gasteiger partial charge in [-0.15, -0.1) is 0 Å². The number of halogens is 1. The van der Waals surface area contributed by atoms with Crippen molar-refractivity contribution >= 4 is 0 Å². The third kappa shape index (κ3) is 4.41. The van der Waals surface area contributed by atoms with E-state index in [1.165, 1.54) is 12.1 Å². The second-order valence-electron chi connectivity index (χ2n) is 4.85. The van der Waals surface area contributed by atoms with Gasteiger partial charge in [0, 0.05) is 37.0 Å². The Labute approximate surface area is 112 Å². The largest absolute Gasteiger partial charge is 0.310 e. The lowest BCUT2D eigenvalue weighted by molar-refractivity contribution is 0.586. The molecule has 0 spiro atoms. The monoisotopic (exact) mass is 259 g/mol. The van der Waals surface area contributed by atoms with Gasteiger partial charge < -0.3 is 5.32 Å². The quantitative estimate of drug-likeness (QED) is 0.897. The van der Waals surface area contributed by atoms with Gasteiger partial charge in [0.05, 0.1) is 0 Å². The highest BCUT2D eigenvalue weighted by molar-refractivity contribution is 5.20. The van der Waals surface area contributed by atoms with Crippen LogP contribution >= 0.6 is 0 Å². The van der Waals surface area contributed by atoms with Gasteiger partial charge in [-0.25, -0.2) is 14.4 Å². The zero-order valence-electron chi connectivity index (χ0n) is 11.2. The van der Waals surface area contributed by atoms with E-state index in [1.54, 1.807) is 6.07 Å². The topological polar surface area (TPSA) is 37.8 Å². The van der Waals surface area contributed by atoms with E-state index in [1.807, 2.05) is 18.5 Å². The average molecular weight is 259 g/mol. The van der Waals surface area contributed by atoms with Crippen LogP contribution in [-0.4, -0.2) is 16.0 Å². The zero-order chi connectivity index (χ0) is 13.7. The van der Waals surface area contributed by atoms with Crippen molar-refractivity contribution < 1.29 is 4.39 Å². The number of hydrogen-bond acceptors (Lipinski definition) is 3. The lowest BCUT2D eigenvalue weighted by Gasteiger charge is -2.07. The minimum Gasteiger partial charge on any atom is -0.310 e. The molecular weight excluding hydrogens is 241 g/mol. The Kier molecular flexibility index (Phi) is 4.58. The van der Waals surface area contributed by atoms with Gasteiger partial charge in [0.15, 0.2) is 0 Å². The lowest BCUT2D eigenvalue weighted by atomic mass is 10.1. The molecule has 0 unspecified atom stereocenters. The fourth-order valence-corrected chi connectivity index (χ4v) is 1.72. The van der Waals surface area contributed by atoms with Crippen molar-refractivity contribution in [3.05, 3.63) is 59.4 Å². The summed E-state index contributed by atoms with van der Waals surface area (Å²) in [5, 5.41) is 3.31. The molecular formula is C15H18FN3. The average Bonchev–Trinajstić information content (AvgIpc) is 2.38. The second kappa shape index (κ2) is 6.38. The highest BCUT2D eigenvalue weighted by Gasteiger charge is 2.02. The molecule has 4 heteroatoms. The molecule has 1 aromatic heterocycles. The van der Waals surface area contributed by atoms with E-state index < -0.39 is 0 Å². The van der Waals surface area contributed by atoms with Crippen molar-refractivity contribution in [3.63, 3.8) is 0 Å². The van der Waals surface area contributed by atoms with E-state index in [9.17, 15) is 4.39 Å². The zero-order valence-corrected chi connectivity index (χ0v) is 11.2.